The topological polar surface area (TPSA) is 93.4 Å². The van der Waals surface area contributed by atoms with Gasteiger partial charge >= 0.3 is 5.76 Å². The van der Waals surface area contributed by atoms with Gasteiger partial charge in [0.25, 0.3) is 5.91 Å². The highest BCUT2D eigenvalue weighted by molar-refractivity contribution is 7.18. The molecule has 0 spiro atoms. The molecule has 1 amide bonds. The van der Waals surface area contributed by atoms with Crippen molar-refractivity contribution in [3.63, 3.8) is 0 Å². The molecule has 3 atom stereocenters. The van der Waals surface area contributed by atoms with Crippen LogP contribution in [0.5, 0.6) is 0 Å². The fraction of sp³-hybridized carbons (Fsp3) is 0.444. The number of amides is 1. The monoisotopic (exact) mass is 506 g/mol. The number of hydrogen-bond acceptors (Lipinski definition) is 6. The minimum Gasteiger partial charge on any atom is -0.376 e. The van der Waals surface area contributed by atoms with E-state index >= 15 is 0 Å². The Kier molecular flexibility index (Phi) is 5.28. The molecule has 4 heterocycles. The van der Waals surface area contributed by atoms with Crippen LogP contribution in [0.15, 0.2) is 51.8 Å². The summed E-state index contributed by atoms with van der Waals surface area (Å²) in [6.45, 7) is 7.14. The van der Waals surface area contributed by atoms with Crippen LogP contribution in [0.3, 0.4) is 0 Å². The molecule has 188 valence electrons. The number of aromatic amines is 1. The van der Waals surface area contributed by atoms with Crippen molar-refractivity contribution in [2.24, 2.45) is 5.92 Å². The van der Waals surface area contributed by atoms with Crippen molar-refractivity contribution in [3.8, 4) is 0 Å². The third-order valence-electron chi connectivity index (χ3n) is 7.78. The standard InChI is InChI=1S/C27H30N4O4S/c1-16-14-27(16,24-28-25(33)35-29-24)31-20(22(32)30(4)19-8-6-5-7-9-19)12-18-13-21(36-23(18)31)17-10-11-34-26(2,3)15-17/h5-9,12-13,16-17H,10-11,14-15H2,1-4H3,(H,28,29,33)/t16-,17?,27-/m0/s1. The number of ether oxygens (including phenoxy) is 1. The number of anilines is 1. The molecule has 1 aliphatic carbocycles. The smallest absolute Gasteiger partial charge is 0.376 e. The van der Waals surface area contributed by atoms with Crippen LogP contribution in [0, 0.1) is 5.92 Å². The quantitative estimate of drug-likeness (QED) is 0.406. The lowest BCUT2D eigenvalue weighted by Crippen LogP contribution is -2.33. The zero-order valence-corrected chi connectivity index (χ0v) is 21.7. The number of carbonyl (C=O) groups is 1. The average molecular weight is 507 g/mol. The molecule has 0 radical (unpaired) electrons. The van der Waals surface area contributed by atoms with Gasteiger partial charge in [-0.3, -0.25) is 14.3 Å². The molecule has 2 fully saturated rings. The number of carbonyl (C=O) groups excluding carboxylic acids is 1. The summed E-state index contributed by atoms with van der Waals surface area (Å²) >= 11 is 1.73. The molecule has 1 aromatic carbocycles. The van der Waals surface area contributed by atoms with Gasteiger partial charge < -0.3 is 14.2 Å². The Balaban J connectivity index is 1.50. The lowest BCUT2D eigenvalue weighted by atomic mass is 9.87. The highest BCUT2D eigenvalue weighted by atomic mass is 32.1. The molecule has 36 heavy (non-hydrogen) atoms. The third kappa shape index (κ3) is 3.64. The maximum absolute atomic E-state index is 13.9. The molecule has 1 N–H and O–H groups in total. The Labute approximate surface area is 212 Å². The van der Waals surface area contributed by atoms with Crippen LogP contribution in [0.2, 0.25) is 0 Å². The number of nitrogens with one attached hydrogen (secondary N) is 1. The van der Waals surface area contributed by atoms with Crippen molar-refractivity contribution in [2.45, 2.75) is 57.1 Å². The van der Waals surface area contributed by atoms with Crippen LogP contribution >= 0.6 is 11.3 Å². The predicted molar refractivity (Wildman–Crippen MR) is 139 cm³/mol. The highest BCUT2D eigenvalue weighted by Gasteiger charge is 2.59. The first-order valence-electron chi connectivity index (χ1n) is 12.4. The van der Waals surface area contributed by atoms with E-state index in [0.29, 0.717) is 17.4 Å². The minimum atomic E-state index is -0.631. The van der Waals surface area contributed by atoms with Crippen molar-refractivity contribution in [2.75, 3.05) is 18.6 Å². The van der Waals surface area contributed by atoms with Gasteiger partial charge in [-0.25, -0.2) is 4.79 Å². The number of rotatable bonds is 5. The second-order valence-corrected chi connectivity index (χ2v) is 11.8. The number of hydrogen-bond donors (Lipinski definition) is 1. The largest absolute Gasteiger partial charge is 0.438 e. The number of fused-ring (bicyclic) bond motifs is 1. The predicted octanol–water partition coefficient (Wildman–Crippen LogP) is 5.11. The van der Waals surface area contributed by atoms with E-state index < -0.39 is 11.3 Å². The molecule has 1 aliphatic heterocycles. The van der Waals surface area contributed by atoms with Gasteiger partial charge in [0.2, 0.25) is 0 Å². The SMILES string of the molecule is C[C@H]1C[C@]1(c1noc(=O)[nH]1)n1c(C(=O)N(C)c2ccccc2)cc2cc(C3CCOC(C)(C)C3)sc21. The van der Waals surface area contributed by atoms with Gasteiger partial charge in [-0.2, -0.15) is 0 Å². The first-order chi connectivity index (χ1) is 17.2. The van der Waals surface area contributed by atoms with Crippen molar-refractivity contribution in [1.29, 1.82) is 0 Å². The lowest BCUT2D eigenvalue weighted by molar-refractivity contribution is -0.0588. The molecular weight excluding hydrogens is 476 g/mol. The number of aromatic nitrogens is 3. The minimum absolute atomic E-state index is 0.109. The summed E-state index contributed by atoms with van der Waals surface area (Å²) in [6, 6.07) is 13.8. The molecule has 1 saturated heterocycles. The van der Waals surface area contributed by atoms with Crippen LogP contribution in [0.1, 0.15) is 67.1 Å². The van der Waals surface area contributed by atoms with Gasteiger partial charge in [0.15, 0.2) is 5.82 Å². The third-order valence-corrected chi connectivity index (χ3v) is 9.08. The average Bonchev–Trinajstić information content (AvgIpc) is 3.21. The van der Waals surface area contributed by atoms with Gasteiger partial charge in [-0.05, 0) is 69.2 Å². The number of nitrogens with zero attached hydrogens (tertiary/aromatic N) is 3. The maximum Gasteiger partial charge on any atom is 0.438 e. The van der Waals surface area contributed by atoms with Crippen molar-refractivity contribution < 1.29 is 14.1 Å². The molecular formula is C27H30N4O4S. The van der Waals surface area contributed by atoms with Crippen molar-refractivity contribution in [3.05, 3.63) is 69.4 Å². The number of H-pyrrole nitrogens is 1. The Hall–Kier alpha value is -3.17. The van der Waals surface area contributed by atoms with E-state index in [1.165, 1.54) is 4.88 Å². The first kappa shape index (κ1) is 23.2. The van der Waals surface area contributed by atoms with Crippen LogP contribution in [-0.2, 0) is 10.3 Å². The fourth-order valence-electron chi connectivity index (χ4n) is 5.76. The summed E-state index contributed by atoms with van der Waals surface area (Å²) in [5, 5.41) is 5.12. The fourth-order valence-corrected chi connectivity index (χ4v) is 7.12. The Morgan fingerprint density at radius 3 is 2.61 bits per heavy atom. The summed E-state index contributed by atoms with van der Waals surface area (Å²) in [7, 11) is 1.79. The molecule has 1 saturated carbocycles. The summed E-state index contributed by atoms with van der Waals surface area (Å²) < 4.78 is 13.0. The number of para-hydroxylation sites is 1. The Morgan fingerprint density at radius 2 is 1.97 bits per heavy atom. The highest BCUT2D eigenvalue weighted by Crippen LogP contribution is 2.57. The van der Waals surface area contributed by atoms with Gasteiger partial charge in [0, 0.05) is 29.6 Å². The van der Waals surface area contributed by atoms with Gasteiger partial charge in [0.1, 0.15) is 16.1 Å². The van der Waals surface area contributed by atoms with Gasteiger partial charge in [-0.15, -0.1) is 11.3 Å². The Bertz CT molecular complexity index is 1500. The second-order valence-electron chi connectivity index (χ2n) is 10.7. The van der Waals surface area contributed by atoms with E-state index in [0.717, 1.165) is 41.8 Å². The van der Waals surface area contributed by atoms with E-state index in [2.05, 4.69) is 41.5 Å². The molecule has 9 heteroatoms. The van der Waals surface area contributed by atoms with E-state index in [9.17, 15) is 9.59 Å². The van der Waals surface area contributed by atoms with E-state index in [1.54, 1.807) is 23.3 Å². The van der Waals surface area contributed by atoms with E-state index in [4.69, 9.17) is 9.26 Å². The summed E-state index contributed by atoms with van der Waals surface area (Å²) in [5.74, 6) is 0.358. The molecule has 2 aliphatic rings. The first-order valence-corrected chi connectivity index (χ1v) is 13.2. The molecule has 0 bridgehead atoms. The van der Waals surface area contributed by atoms with E-state index in [1.807, 2.05) is 36.4 Å². The molecule has 3 aromatic heterocycles. The lowest BCUT2D eigenvalue weighted by Gasteiger charge is -2.35. The Morgan fingerprint density at radius 1 is 1.22 bits per heavy atom. The molecule has 8 nitrogen and oxygen atoms in total. The summed E-state index contributed by atoms with van der Waals surface area (Å²) in [6.07, 6.45) is 2.69. The maximum atomic E-state index is 13.9. The molecule has 1 unspecified atom stereocenters. The number of thiophene rings is 1. The van der Waals surface area contributed by atoms with E-state index in [-0.39, 0.29) is 17.4 Å². The molecule has 6 rings (SSSR count). The van der Waals surface area contributed by atoms with Crippen LogP contribution in [0.25, 0.3) is 10.2 Å². The van der Waals surface area contributed by atoms with Gasteiger partial charge in [0.05, 0.1) is 5.60 Å². The zero-order valence-electron chi connectivity index (χ0n) is 20.9. The second kappa shape index (κ2) is 8.18. The van der Waals surface area contributed by atoms with Crippen LogP contribution < -0.4 is 10.7 Å². The van der Waals surface area contributed by atoms with Crippen LogP contribution in [-0.4, -0.2) is 39.9 Å². The molecule has 4 aromatic rings. The summed E-state index contributed by atoms with van der Waals surface area (Å²) in [4.78, 5) is 32.6. The normalized spacial score (nSPS) is 25.2. The van der Waals surface area contributed by atoms with Gasteiger partial charge in [-0.1, -0.05) is 30.3 Å². The zero-order chi connectivity index (χ0) is 25.2. The van der Waals surface area contributed by atoms with Crippen molar-refractivity contribution >= 4 is 33.1 Å². The van der Waals surface area contributed by atoms with Crippen molar-refractivity contribution in [1.82, 2.24) is 14.7 Å². The number of benzene rings is 1. The summed E-state index contributed by atoms with van der Waals surface area (Å²) in [5.41, 5.74) is 0.609. The van der Waals surface area contributed by atoms with Crippen LogP contribution in [0.4, 0.5) is 5.69 Å².